The number of amides is 2. The molecule has 0 bridgehead atoms. The minimum atomic E-state index is 0.113. The van der Waals surface area contributed by atoms with Gasteiger partial charge in [0.1, 0.15) is 0 Å². The van der Waals surface area contributed by atoms with Gasteiger partial charge in [-0.25, -0.2) is 4.79 Å². The summed E-state index contributed by atoms with van der Waals surface area (Å²) >= 11 is 5.92. The quantitative estimate of drug-likeness (QED) is 0.794. The number of rotatable bonds is 2. The van der Waals surface area contributed by atoms with Crippen molar-refractivity contribution < 1.29 is 4.79 Å². The lowest BCUT2D eigenvalue weighted by atomic mass is 10.2. The molecule has 0 saturated carbocycles. The third kappa shape index (κ3) is 3.13. The molecule has 1 heterocycles. The van der Waals surface area contributed by atoms with Gasteiger partial charge in [-0.15, -0.1) is 0 Å². The number of nitrogens with zero attached hydrogens (tertiary/aromatic N) is 2. The summed E-state index contributed by atoms with van der Waals surface area (Å²) in [4.78, 5) is 15.7. The average Bonchev–Trinajstić information content (AvgIpc) is 2.81. The van der Waals surface area contributed by atoms with Crippen LogP contribution in [0, 0.1) is 0 Å². The van der Waals surface area contributed by atoms with Crippen molar-refractivity contribution in [2.45, 2.75) is 19.4 Å². The van der Waals surface area contributed by atoms with E-state index in [4.69, 9.17) is 11.6 Å². The largest absolute Gasteiger partial charge is 0.325 e. The van der Waals surface area contributed by atoms with Crippen LogP contribution in [0.4, 0.5) is 4.79 Å². The lowest BCUT2D eigenvalue weighted by Crippen LogP contribution is -2.38. The molecule has 2 amide bonds. The predicted molar refractivity (Wildman–Crippen MR) is 69.1 cm³/mol. The van der Waals surface area contributed by atoms with Gasteiger partial charge < -0.3 is 9.80 Å². The summed E-state index contributed by atoms with van der Waals surface area (Å²) in [6, 6.07) is 7.75. The summed E-state index contributed by atoms with van der Waals surface area (Å²) in [5.41, 5.74) is 1.06. The lowest BCUT2D eigenvalue weighted by molar-refractivity contribution is 0.171. The van der Waals surface area contributed by atoms with Crippen LogP contribution in [-0.2, 0) is 6.54 Å². The summed E-state index contributed by atoms with van der Waals surface area (Å²) in [6.45, 7) is 2.38. The number of urea groups is 1. The van der Waals surface area contributed by atoms with E-state index in [0.29, 0.717) is 11.6 Å². The van der Waals surface area contributed by atoms with E-state index in [0.717, 1.165) is 31.5 Å². The van der Waals surface area contributed by atoms with Gasteiger partial charge in [-0.1, -0.05) is 23.7 Å². The molecule has 0 atom stereocenters. The van der Waals surface area contributed by atoms with Crippen LogP contribution < -0.4 is 0 Å². The molecule has 1 saturated heterocycles. The van der Waals surface area contributed by atoms with Crippen LogP contribution in [0.1, 0.15) is 18.4 Å². The van der Waals surface area contributed by atoms with E-state index in [1.165, 1.54) is 0 Å². The first-order valence-electron chi connectivity index (χ1n) is 5.91. The van der Waals surface area contributed by atoms with Crippen molar-refractivity contribution in [2.24, 2.45) is 0 Å². The van der Waals surface area contributed by atoms with Crippen LogP contribution in [0.2, 0.25) is 5.02 Å². The zero-order valence-electron chi connectivity index (χ0n) is 10.0. The van der Waals surface area contributed by atoms with Gasteiger partial charge in [0.2, 0.25) is 0 Å². The highest BCUT2D eigenvalue weighted by atomic mass is 35.5. The summed E-state index contributed by atoms with van der Waals surface area (Å²) in [7, 11) is 1.83. The molecule has 2 rings (SSSR count). The van der Waals surface area contributed by atoms with Crippen LogP contribution in [0.25, 0.3) is 0 Å². The molecule has 92 valence electrons. The third-order valence-corrected chi connectivity index (χ3v) is 3.25. The monoisotopic (exact) mass is 252 g/mol. The normalized spacial score (nSPS) is 15.1. The van der Waals surface area contributed by atoms with E-state index in [1.807, 2.05) is 36.2 Å². The summed E-state index contributed by atoms with van der Waals surface area (Å²) in [5, 5.41) is 0.713. The highest BCUT2D eigenvalue weighted by Gasteiger charge is 2.21. The Morgan fingerprint density at radius 3 is 2.76 bits per heavy atom. The number of hydrogen-bond acceptors (Lipinski definition) is 1. The summed E-state index contributed by atoms with van der Waals surface area (Å²) in [6.07, 6.45) is 2.24. The number of carbonyl (C=O) groups is 1. The molecule has 4 heteroatoms. The standard InChI is InChI=1S/C13H17ClN2O/c1-15(13(17)16-7-2-3-8-16)10-11-5-4-6-12(14)9-11/h4-6,9H,2-3,7-8,10H2,1H3. The molecule has 17 heavy (non-hydrogen) atoms. The van der Waals surface area contributed by atoms with Gasteiger partial charge in [0.15, 0.2) is 0 Å². The number of carbonyl (C=O) groups excluding carboxylic acids is 1. The first-order chi connectivity index (χ1) is 8.16. The second-order valence-corrected chi connectivity index (χ2v) is 4.90. The highest BCUT2D eigenvalue weighted by molar-refractivity contribution is 6.30. The van der Waals surface area contributed by atoms with E-state index < -0.39 is 0 Å². The molecular formula is C13H17ClN2O. The first-order valence-corrected chi connectivity index (χ1v) is 6.29. The molecule has 1 fully saturated rings. The topological polar surface area (TPSA) is 23.6 Å². The van der Waals surface area contributed by atoms with Crippen molar-refractivity contribution >= 4 is 17.6 Å². The smallest absolute Gasteiger partial charge is 0.320 e. The fourth-order valence-corrected chi connectivity index (χ4v) is 2.34. The average molecular weight is 253 g/mol. The van der Waals surface area contributed by atoms with Crippen LogP contribution >= 0.6 is 11.6 Å². The number of benzene rings is 1. The Labute approximate surface area is 107 Å². The first kappa shape index (κ1) is 12.2. The minimum Gasteiger partial charge on any atom is -0.325 e. The van der Waals surface area contributed by atoms with Gasteiger partial charge in [-0.2, -0.15) is 0 Å². The Kier molecular flexibility index (Phi) is 3.89. The van der Waals surface area contributed by atoms with E-state index >= 15 is 0 Å². The summed E-state index contributed by atoms with van der Waals surface area (Å²) in [5.74, 6) is 0. The SMILES string of the molecule is CN(Cc1cccc(Cl)c1)C(=O)N1CCCC1. The molecule has 0 spiro atoms. The van der Waals surface area contributed by atoms with Crippen LogP contribution in [0.15, 0.2) is 24.3 Å². The zero-order valence-corrected chi connectivity index (χ0v) is 10.8. The molecule has 3 nitrogen and oxygen atoms in total. The maximum atomic E-state index is 12.1. The van der Waals surface area contributed by atoms with Gasteiger partial charge in [0, 0.05) is 31.7 Å². The Morgan fingerprint density at radius 2 is 2.12 bits per heavy atom. The fraction of sp³-hybridized carbons (Fsp3) is 0.462. The Morgan fingerprint density at radius 1 is 1.41 bits per heavy atom. The van der Waals surface area contributed by atoms with E-state index in [9.17, 15) is 4.79 Å². The third-order valence-electron chi connectivity index (χ3n) is 3.01. The van der Waals surface area contributed by atoms with E-state index in [2.05, 4.69) is 0 Å². The van der Waals surface area contributed by atoms with Gasteiger partial charge in [0.25, 0.3) is 0 Å². The van der Waals surface area contributed by atoms with Crippen molar-refractivity contribution in [1.29, 1.82) is 0 Å². The second kappa shape index (κ2) is 5.41. The van der Waals surface area contributed by atoms with Crippen molar-refractivity contribution in [3.05, 3.63) is 34.9 Å². The molecule has 1 aliphatic rings. The van der Waals surface area contributed by atoms with Crippen LogP contribution in [-0.4, -0.2) is 36.0 Å². The van der Waals surface area contributed by atoms with Crippen molar-refractivity contribution in [3.8, 4) is 0 Å². The molecule has 1 aromatic rings. The Balaban J connectivity index is 1.96. The predicted octanol–water partition coefficient (Wildman–Crippen LogP) is 2.99. The van der Waals surface area contributed by atoms with E-state index in [-0.39, 0.29) is 6.03 Å². The minimum absolute atomic E-state index is 0.113. The molecule has 0 unspecified atom stereocenters. The fourth-order valence-electron chi connectivity index (χ4n) is 2.13. The lowest BCUT2D eigenvalue weighted by Gasteiger charge is -2.24. The molecule has 0 N–H and O–H groups in total. The van der Waals surface area contributed by atoms with Crippen LogP contribution in [0.5, 0.6) is 0 Å². The van der Waals surface area contributed by atoms with Gasteiger partial charge in [-0.05, 0) is 30.5 Å². The molecule has 0 radical (unpaired) electrons. The van der Waals surface area contributed by atoms with Gasteiger partial charge in [0.05, 0.1) is 0 Å². The maximum absolute atomic E-state index is 12.1. The highest BCUT2D eigenvalue weighted by Crippen LogP contribution is 2.14. The Hall–Kier alpha value is -1.22. The maximum Gasteiger partial charge on any atom is 0.320 e. The van der Waals surface area contributed by atoms with Crippen molar-refractivity contribution in [2.75, 3.05) is 20.1 Å². The molecule has 1 aliphatic heterocycles. The van der Waals surface area contributed by atoms with Crippen molar-refractivity contribution in [3.63, 3.8) is 0 Å². The molecule has 0 aromatic heterocycles. The molecular weight excluding hydrogens is 236 g/mol. The summed E-state index contributed by atoms with van der Waals surface area (Å²) < 4.78 is 0. The number of likely N-dealkylation sites (tertiary alicyclic amines) is 1. The molecule has 1 aromatic carbocycles. The number of halogens is 1. The number of hydrogen-bond donors (Lipinski definition) is 0. The van der Waals surface area contributed by atoms with Crippen LogP contribution in [0.3, 0.4) is 0 Å². The molecule has 0 aliphatic carbocycles. The van der Waals surface area contributed by atoms with Gasteiger partial charge in [-0.3, -0.25) is 0 Å². The Bertz CT molecular complexity index is 402. The van der Waals surface area contributed by atoms with Gasteiger partial charge >= 0.3 is 6.03 Å². The van der Waals surface area contributed by atoms with Crippen molar-refractivity contribution in [1.82, 2.24) is 9.80 Å². The van der Waals surface area contributed by atoms with E-state index in [1.54, 1.807) is 4.90 Å². The zero-order chi connectivity index (χ0) is 12.3. The second-order valence-electron chi connectivity index (χ2n) is 4.46.